The fourth-order valence-electron chi connectivity index (χ4n) is 1.35. The zero-order chi connectivity index (χ0) is 10.5. The SMILES string of the molecule is CCc1ccc(CNc2ccccn2)o1. The summed E-state index contributed by atoms with van der Waals surface area (Å²) in [5.41, 5.74) is 0. The summed E-state index contributed by atoms with van der Waals surface area (Å²) in [6.45, 7) is 2.76. The highest BCUT2D eigenvalue weighted by Crippen LogP contribution is 2.10. The maximum Gasteiger partial charge on any atom is 0.126 e. The van der Waals surface area contributed by atoms with Crippen LogP contribution in [0.5, 0.6) is 0 Å². The number of pyridine rings is 1. The van der Waals surface area contributed by atoms with Crippen molar-refractivity contribution >= 4 is 5.82 Å². The number of hydrogen-bond donors (Lipinski definition) is 1. The van der Waals surface area contributed by atoms with E-state index in [0.29, 0.717) is 6.54 Å². The first-order chi connectivity index (χ1) is 7.38. The van der Waals surface area contributed by atoms with Gasteiger partial charge in [-0.3, -0.25) is 0 Å². The minimum Gasteiger partial charge on any atom is -0.464 e. The molecule has 0 unspecified atom stereocenters. The molecule has 15 heavy (non-hydrogen) atoms. The van der Waals surface area contributed by atoms with E-state index < -0.39 is 0 Å². The monoisotopic (exact) mass is 202 g/mol. The third-order valence-electron chi connectivity index (χ3n) is 2.17. The van der Waals surface area contributed by atoms with Crippen molar-refractivity contribution in [2.24, 2.45) is 0 Å². The quantitative estimate of drug-likeness (QED) is 0.828. The van der Waals surface area contributed by atoms with Gasteiger partial charge in [-0.15, -0.1) is 0 Å². The number of anilines is 1. The Labute approximate surface area is 89.1 Å². The standard InChI is InChI=1S/C12H14N2O/c1-2-10-6-7-11(15-10)9-14-12-5-3-4-8-13-12/h3-8H,2,9H2,1H3,(H,13,14). The molecule has 78 valence electrons. The molecule has 0 aliphatic heterocycles. The molecule has 0 fully saturated rings. The van der Waals surface area contributed by atoms with E-state index in [4.69, 9.17) is 4.42 Å². The fourth-order valence-corrected chi connectivity index (χ4v) is 1.35. The van der Waals surface area contributed by atoms with Crippen LogP contribution >= 0.6 is 0 Å². The van der Waals surface area contributed by atoms with Gasteiger partial charge >= 0.3 is 0 Å². The van der Waals surface area contributed by atoms with Crippen molar-refractivity contribution < 1.29 is 4.42 Å². The first kappa shape index (κ1) is 9.77. The molecule has 2 heterocycles. The summed E-state index contributed by atoms with van der Waals surface area (Å²) in [6.07, 6.45) is 2.70. The molecule has 0 radical (unpaired) electrons. The van der Waals surface area contributed by atoms with Gasteiger partial charge in [-0.1, -0.05) is 13.0 Å². The molecule has 0 spiro atoms. The summed E-state index contributed by atoms with van der Waals surface area (Å²) in [5, 5.41) is 3.19. The fraction of sp³-hybridized carbons (Fsp3) is 0.250. The van der Waals surface area contributed by atoms with Crippen LogP contribution in [0, 0.1) is 0 Å². The van der Waals surface area contributed by atoms with Crippen LogP contribution in [-0.2, 0) is 13.0 Å². The van der Waals surface area contributed by atoms with E-state index in [1.807, 2.05) is 30.3 Å². The van der Waals surface area contributed by atoms with E-state index in [1.165, 1.54) is 0 Å². The first-order valence-corrected chi connectivity index (χ1v) is 5.11. The van der Waals surface area contributed by atoms with E-state index >= 15 is 0 Å². The van der Waals surface area contributed by atoms with Crippen LogP contribution in [-0.4, -0.2) is 4.98 Å². The maximum atomic E-state index is 5.56. The molecule has 0 aliphatic carbocycles. The first-order valence-electron chi connectivity index (χ1n) is 5.11. The smallest absolute Gasteiger partial charge is 0.126 e. The second-order valence-electron chi connectivity index (χ2n) is 3.29. The van der Waals surface area contributed by atoms with Crippen molar-refractivity contribution in [3.8, 4) is 0 Å². The van der Waals surface area contributed by atoms with E-state index in [0.717, 1.165) is 23.8 Å². The predicted molar refractivity (Wildman–Crippen MR) is 59.6 cm³/mol. The second kappa shape index (κ2) is 4.64. The Bertz CT molecular complexity index is 409. The molecule has 0 saturated carbocycles. The number of nitrogens with one attached hydrogen (secondary N) is 1. The number of aryl methyl sites for hydroxylation is 1. The third kappa shape index (κ3) is 2.59. The van der Waals surface area contributed by atoms with E-state index in [2.05, 4.69) is 17.2 Å². The van der Waals surface area contributed by atoms with Gasteiger partial charge in [0, 0.05) is 12.6 Å². The summed E-state index contributed by atoms with van der Waals surface area (Å²) in [5.74, 6) is 2.83. The highest BCUT2D eigenvalue weighted by atomic mass is 16.3. The molecule has 0 bridgehead atoms. The van der Waals surface area contributed by atoms with Crippen molar-refractivity contribution in [2.75, 3.05) is 5.32 Å². The van der Waals surface area contributed by atoms with Gasteiger partial charge in [-0.05, 0) is 24.3 Å². The Kier molecular flexibility index (Phi) is 3.02. The number of aromatic nitrogens is 1. The summed E-state index contributed by atoms with van der Waals surface area (Å²) in [4.78, 5) is 4.17. The number of hydrogen-bond acceptors (Lipinski definition) is 3. The highest BCUT2D eigenvalue weighted by Gasteiger charge is 1.99. The molecule has 0 saturated heterocycles. The Hall–Kier alpha value is -1.77. The van der Waals surface area contributed by atoms with Crippen LogP contribution in [0.2, 0.25) is 0 Å². The van der Waals surface area contributed by atoms with E-state index in [1.54, 1.807) is 6.20 Å². The summed E-state index contributed by atoms with van der Waals surface area (Å²) >= 11 is 0. The summed E-state index contributed by atoms with van der Waals surface area (Å²) in [6, 6.07) is 9.79. The second-order valence-corrected chi connectivity index (χ2v) is 3.29. The van der Waals surface area contributed by atoms with Crippen LogP contribution in [0.1, 0.15) is 18.4 Å². The average molecular weight is 202 g/mol. The number of rotatable bonds is 4. The van der Waals surface area contributed by atoms with Crippen molar-refractivity contribution in [3.05, 3.63) is 48.0 Å². The molecular weight excluding hydrogens is 188 g/mol. The van der Waals surface area contributed by atoms with Gasteiger partial charge < -0.3 is 9.73 Å². The van der Waals surface area contributed by atoms with Gasteiger partial charge in [0.05, 0.1) is 6.54 Å². The van der Waals surface area contributed by atoms with Crippen molar-refractivity contribution in [1.29, 1.82) is 0 Å². The van der Waals surface area contributed by atoms with Gasteiger partial charge in [0.15, 0.2) is 0 Å². The molecular formula is C12H14N2O. The van der Waals surface area contributed by atoms with Crippen LogP contribution in [0.3, 0.4) is 0 Å². The van der Waals surface area contributed by atoms with Crippen LogP contribution < -0.4 is 5.32 Å². The average Bonchev–Trinajstić information content (AvgIpc) is 2.76. The van der Waals surface area contributed by atoms with Gasteiger partial charge in [-0.25, -0.2) is 4.98 Å². The Morgan fingerprint density at radius 1 is 1.20 bits per heavy atom. The lowest BCUT2D eigenvalue weighted by molar-refractivity contribution is 0.476. The minimum atomic E-state index is 0.678. The van der Waals surface area contributed by atoms with Crippen molar-refractivity contribution in [2.45, 2.75) is 19.9 Å². The normalized spacial score (nSPS) is 10.2. The number of furan rings is 1. The molecule has 2 aromatic heterocycles. The summed E-state index contributed by atoms with van der Waals surface area (Å²) in [7, 11) is 0. The summed E-state index contributed by atoms with van der Waals surface area (Å²) < 4.78 is 5.56. The molecule has 0 amide bonds. The lowest BCUT2D eigenvalue weighted by Gasteiger charge is -2.01. The largest absolute Gasteiger partial charge is 0.464 e. The Morgan fingerprint density at radius 3 is 2.73 bits per heavy atom. The molecule has 0 aliphatic rings. The molecule has 0 atom stereocenters. The molecule has 1 N–H and O–H groups in total. The minimum absolute atomic E-state index is 0.678. The van der Waals surface area contributed by atoms with Crippen LogP contribution in [0.25, 0.3) is 0 Å². The molecule has 3 nitrogen and oxygen atoms in total. The highest BCUT2D eigenvalue weighted by molar-refractivity contribution is 5.33. The Morgan fingerprint density at radius 2 is 2.07 bits per heavy atom. The zero-order valence-corrected chi connectivity index (χ0v) is 8.73. The lowest BCUT2D eigenvalue weighted by Crippen LogP contribution is -1.99. The van der Waals surface area contributed by atoms with E-state index in [-0.39, 0.29) is 0 Å². The maximum absolute atomic E-state index is 5.56. The Balaban J connectivity index is 1.93. The van der Waals surface area contributed by atoms with Crippen molar-refractivity contribution in [1.82, 2.24) is 4.98 Å². The van der Waals surface area contributed by atoms with Gasteiger partial charge in [0.1, 0.15) is 17.3 Å². The molecule has 2 rings (SSSR count). The van der Waals surface area contributed by atoms with Crippen LogP contribution in [0.4, 0.5) is 5.82 Å². The van der Waals surface area contributed by atoms with Crippen LogP contribution in [0.15, 0.2) is 40.9 Å². The molecule has 3 heteroatoms. The van der Waals surface area contributed by atoms with Gasteiger partial charge in [0.25, 0.3) is 0 Å². The zero-order valence-electron chi connectivity index (χ0n) is 8.73. The van der Waals surface area contributed by atoms with Gasteiger partial charge in [-0.2, -0.15) is 0 Å². The van der Waals surface area contributed by atoms with Crippen molar-refractivity contribution in [3.63, 3.8) is 0 Å². The molecule has 2 aromatic rings. The topological polar surface area (TPSA) is 38.1 Å². The predicted octanol–water partition coefficient (Wildman–Crippen LogP) is 2.85. The molecule has 0 aromatic carbocycles. The third-order valence-corrected chi connectivity index (χ3v) is 2.17. The number of nitrogens with zero attached hydrogens (tertiary/aromatic N) is 1. The van der Waals surface area contributed by atoms with Gasteiger partial charge in [0.2, 0.25) is 0 Å². The van der Waals surface area contributed by atoms with E-state index in [9.17, 15) is 0 Å². The lowest BCUT2D eigenvalue weighted by atomic mass is 10.3.